The van der Waals surface area contributed by atoms with Crippen molar-refractivity contribution < 1.29 is 9.42 Å². The number of carbonyl (C=O) groups is 1. The highest BCUT2D eigenvalue weighted by Crippen LogP contribution is 2.18. The Balaban J connectivity index is 1.54. The molecular formula is C24H27N9O2. The number of hydrazone groups is 1. The SMILES string of the molecule is C/C(=N/NC(=O)c1nnn(-c2nonc2N)c1CNc1ccccc1)c1ccc(CC(C)C)cc1. The van der Waals surface area contributed by atoms with Gasteiger partial charge in [0.2, 0.25) is 11.6 Å². The van der Waals surface area contributed by atoms with Crippen molar-refractivity contribution in [2.45, 2.75) is 33.7 Å². The van der Waals surface area contributed by atoms with Gasteiger partial charge in [0.15, 0.2) is 5.69 Å². The van der Waals surface area contributed by atoms with E-state index in [0.29, 0.717) is 17.3 Å². The van der Waals surface area contributed by atoms with Crippen LogP contribution in [0.25, 0.3) is 5.82 Å². The molecule has 0 aliphatic rings. The minimum absolute atomic E-state index is 0.0256. The number of hydrogen-bond acceptors (Lipinski definition) is 9. The lowest BCUT2D eigenvalue weighted by molar-refractivity contribution is 0.0949. The molecule has 0 saturated carbocycles. The first kappa shape index (κ1) is 23.6. The molecule has 35 heavy (non-hydrogen) atoms. The Hall–Kier alpha value is -4.54. The third-order valence-electron chi connectivity index (χ3n) is 5.25. The average Bonchev–Trinajstić information content (AvgIpc) is 3.47. The Morgan fingerprint density at radius 2 is 1.86 bits per heavy atom. The number of nitrogen functional groups attached to an aromatic ring is 1. The lowest BCUT2D eigenvalue weighted by Gasteiger charge is -2.09. The third-order valence-corrected chi connectivity index (χ3v) is 5.25. The lowest BCUT2D eigenvalue weighted by atomic mass is 10.0. The highest BCUT2D eigenvalue weighted by Gasteiger charge is 2.24. The zero-order valence-corrected chi connectivity index (χ0v) is 19.8. The number of benzene rings is 2. The predicted molar refractivity (Wildman–Crippen MR) is 132 cm³/mol. The standard InChI is InChI=1S/C24H27N9O2/c1-15(2)13-17-9-11-18(12-10-17)16(3)27-29-24(34)21-20(14-26-19-7-5-4-6-8-19)33(32-28-21)23-22(25)30-35-31-23/h4-12,15,26H,13-14H2,1-3H3,(H2,25,30)(H,29,34)/b27-16-. The van der Waals surface area contributed by atoms with Gasteiger partial charge in [-0.25, -0.2) is 10.1 Å². The maximum absolute atomic E-state index is 13.0. The molecule has 11 heteroatoms. The maximum atomic E-state index is 13.0. The number of anilines is 2. The summed E-state index contributed by atoms with van der Waals surface area (Å²) in [5.41, 5.74) is 12.6. The van der Waals surface area contributed by atoms with Crippen LogP contribution in [0, 0.1) is 5.92 Å². The summed E-state index contributed by atoms with van der Waals surface area (Å²) in [6.07, 6.45) is 1.01. The molecule has 2 aromatic heterocycles. The van der Waals surface area contributed by atoms with Crippen molar-refractivity contribution in [3.05, 3.63) is 77.1 Å². The monoisotopic (exact) mass is 473 g/mol. The second-order valence-corrected chi connectivity index (χ2v) is 8.42. The maximum Gasteiger partial charge on any atom is 0.293 e. The summed E-state index contributed by atoms with van der Waals surface area (Å²) in [6, 6.07) is 17.7. The van der Waals surface area contributed by atoms with Crippen molar-refractivity contribution in [1.29, 1.82) is 0 Å². The zero-order chi connectivity index (χ0) is 24.8. The lowest BCUT2D eigenvalue weighted by Crippen LogP contribution is -2.22. The molecule has 11 nitrogen and oxygen atoms in total. The predicted octanol–water partition coefficient (Wildman–Crippen LogP) is 3.20. The van der Waals surface area contributed by atoms with Crippen LogP contribution in [0.5, 0.6) is 0 Å². The van der Waals surface area contributed by atoms with Gasteiger partial charge in [0.1, 0.15) is 0 Å². The van der Waals surface area contributed by atoms with Gasteiger partial charge < -0.3 is 11.1 Å². The van der Waals surface area contributed by atoms with Gasteiger partial charge in [-0.05, 0) is 52.8 Å². The molecule has 1 amide bonds. The number of nitrogens with one attached hydrogen (secondary N) is 2. The van der Waals surface area contributed by atoms with Gasteiger partial charge in [0.25, 0.3) is 5.91 Å². The van der Waals surface area contributed by atoms with Crippen molar-refractivity contribution in [3.8, 4) is 5.82 Å². The minimum Gasteiger partial charge on any atom is -0.379 e. The largest absolute Gasteiger partial charge is 0.379 e. The van der Waals surface area contributed by atoms with Crippen molar-refractivity contribution in [3.63, 3.8) is 0 Å². The van der Waals surface area contributed by atoms with Gasteiger partial charge >= 0.3 is 0 Å². The highest BCUT2D eigenvalue weighted by atomic mass is 16.6. The smallest absolute Gasteiger partial charge is 0.293 e. The van der Waals surface area contributed by atoms with Crippen molar-refractivity contribution in [2.75, 3.05) is 11.1 Å². The van der Waals surface area contributed by atoms with Crippen LogP contribution < -0.4 is 16.5 Å². The van der Waals surface area contributed by atoms with E-state index in [-0.39, 0.29) is 23.9 Å². The van der Waals surface area contributed by atoms with Gasteiger partial charge in [-0.15, -0.1) is 5.10 Å². The van der Waals surface area contributed by atoms with Gasteiger partial charge in [0, 0.05) is 5.69 Å². The molecule has 4 N–H and O–H groups in total. The molecule has 0 atom stereocenters. The summed E-state index contributed by atoms with van der Waals surface area (Å²) in [5.74, 6) is 0.226. The Kier molecular flexibility index (Phi) is 7.15. The summed E-state index contributed by atoms with van der Waals surface area (Å²) in [6.45, 7) is 6.41. The van der Waals surface area contributed by atoms with E-state index in [1.54, 1.807) is 0 Å². The number of nitrogens with two attached hydrogens (primary N) is 1. The molecule has 0 bridgehead atoms. The number of nitrogens with zero attached hydrogens (tertiary/aromatic N) is 6. The molecule has 4 rings (SSSR count). The Morgan fingerprint density at radius 1 is 1.11 bits per heavy atom. The first-order chi connectivity index (χ1) is 16.9. The van der Waals surface area contributed by atoms with E-state index < -0.39 is 5.91 Å². The number of rotatable bonds is 9. The van der Waals surface area contributed by atoms with Crippen LogP contribution in [0.4, 0.5) is 11.5 Å². The van der Waals surface area contributed by atoms with E-state index in [0.717, 1.165) is 17.7 Å². The quantitative estimate of drug-likeness (QED) is 0.248. The van der Waals surface area contributed by atoms with Crippen LogP contribution in [-0.4, -0.2) is 36.9 Å². The summed E-state index contributed by atoms with van der Waals surface area (Å²) < 4.78 is 6.01. The third kappa shape index (κ3) is 5.69. The van der Waals surface area contributed by atoms with Gasteiger partial charge in [0.05, 0.1) is 18.0 Å². The summed E-state index contributed by atoms with van der Waals surface area (Å²) in [5, 5.41) is 22.9. The Labute approximate surface area is 202 Å². The van der Waals surface area contributed by atoms with Crippen LogP contribution in [0.2, 0.25) is 0 Å². The van der Waals surface area contributed by atoms with E-state index in [1.165, 1.54) is 10.2 Å². The van der Waals surface area contributed by atoms with E-state index >= 15 is 0 Å². The molecule has 0 spiro atoms. The highest BCUT2D eigenvalue weighted by molar-refractivity contribution is 6.00. The molecule has 0 radical (unpaired) electrons. The molecule has 2 heterocycles. The number of aromatic nitrogens is 5. The molecule has 180 valence electrons. The van der Waals surface area contributed by atoms with Crippen LogP contribution in [0.15, 0.2) is 64.3 Å². The molecule has 0 unspecified atom stereocenters. The van der Waals surface area contributed by atoms with E-state index in [2.05, 4.69) is 67.1 Å². The number of carbonyl (C=O) groups excluding carboxylic acids is 1. The van der Waals surface area contributed by atoms with E-state index in [1.807, 2.05) is 49.4 Å². The summed E-state index contributed by atoms with van der Waals surface area (Å²) >= 11 is 0. The molecule has 0 aliphatic carbocycles. The van der Waals surface area contributed by atoms with Crippen LogP contribution in [0.3, 0.4) is 0 Å². The Bertz CT molecular complexity index is 1310. The molecule has 4 aromatic rings. The molecule has 0 fully saturated rings. The van der Waals surface area contributed by atoms with Crippen molar-refractivity contribution in [1.82, 2.24) is 30.7 Å². The summed E-state index contributed by atoms with van der Waals surface area (Å²) in [7, 11) is 0. The van der Waals surface area contributed by atoms with Gasteiger partial charge in [-0.3, -0.25) is 4.79 Å². The minimum atomic E-state index is -0.521. The normalized spacial score (nSPS) is 11.6. The topological polar surface area (TPSA) is 149 Å². The van der Waals surface area contributed by atoms with Gasteiger partial charge in [-0.2, -0.15) is 9.78 Å². The second-order valence-electron chi connectivity index (χ2n) is 8.42. The van der Waals surface area contributed by atoms with E-state index in [4.69, 9.17) is 5.73 Å². The fourth-order valence-electron chi connectivity index (χ4n) is 3.49. The first-order valence-corrected chi connectivity index (χ1v) is 11.2. The van der Waals surface area contributed by atoms with Crippen LogP contribution in [-0.2, 0) is 13.0 Å². The van der Waals surface area contributed by atoms with Crippen molar-refractivity contribution >= 4 is 23.1 Å². The second kappa shape index (κ2) is 10.6. The van der Waals surface area contributed by atoms with E-state index in [9.17, 15) is 4.79 Å². The molecule has 0 saturated heterocycles. The van der Waals surface area contributed by atoms with Crippen LogP contribution in [0.1, 0.15) is 48.1 Å². The van der Waals surface area contributed by atoms with Gasteiger partial charge in [-0.1, -0.05) is 61.5 Å². The number of amides is 1. The zero-order valence-electron chi connectivity index (χ0n) is 19.8. The van der Waals surface area contributed by atoms with Crippen LogP contribution >= 0.6 is 0 Å². The fourth-order valence-corrected chi connectivity index (χ4v) is 3.49. The fraction of sp³-hybridized carbons (Fsp3) is 0.250. The molecule has 0 aliphatic heterocycles. The summed E-state index contributed by atoms with van der Waals surface area (Å²) in [4.78, 5) is 13.0. The van der Waals surface area contributed by atoms with Crippen molar-refractivity contribution in [2.24, 2.45) is 11.0 Å². The Morgan fingerprint density at radius 3 is 2.51 bits per heavy atom. The average molecular weight is 474 g/mol. The first-order valence-electron chi connectivity index (χ1n) is 11.2. The number of hydrogen-bond donors (Lipinski definition) is 3. The molecular weight excluding hydrogens is 446 g/mol. The molecule has 2 aromatic carbocycles. The number of para-hydroxylation sites is 1.